The Morgan fingerprint density at radius 2 is 2.05 bits per heavy atom. The third kappa shape index (κ3) is 3.47. The summed E-state index contributed by atoms with van der Waals surface area (Å²) in [5.41, 5.74) is 1.35. The van der Waals surface area contributed by atoms with Crippen molar-refractivity contribution in [2.24, 2.45) is 0 Å². The number of hydrogen-bond donors (Lipinski definition) is 1. The maximum Gasteiger partial charge on any atom is 0.105 e. The Balaban J connectivity index is 1.97. The average Bonchev–Trinajstić information content (AvgIpc) is 3.02. The summed E-state index contributed by atoms with van der Waals surface area (Å²) in [7, 11) is 0. The standard InChI is InChI=1S/C15H24N4/c1-4-7-16-13(2)15-6-5-9-19(15)12-11-18-10-8-17-14(18)3/h5-6,8-10,13,16H,4,7,11-12H2,1-3H3. The van der Waals surface area contributed by atoms with Crippen LogP contribution >= 0.6 is 0 Å². The van der Waals surface area contributed by atoms with Crippen molar-refractivity contribution >= 4 is 0 Å². The number of aryl methyl sites for hydroxylation is 3. The van der Waals surface area contributed by atoms with Crippen LogP contribution in [0, 0.1) is 6.92 Å². The van der Waals surface area contributed by atoms with E-state index in [9.17, 15) is 0 Å². The van der Waals surface area contributed by atoms with E-state index in [1.807, 2.05) is 19.3 Å². The molecule has 0 aliphatic heterocycles. The largest absolute Gasteiger partial charge is 0.348 e. The monoisotopic (exact) mass is 260 g/mol. The van der Waals surface area contributed by atoms with E-state index < -0.39 is 0 Å². The number of hydrogen-bond acceptors (Lipinski definition) is 2. The predicted octanol–water partition coefficient (Wildman–Crippen LogP) is 2.75. The highest BCUT2D eigenvalue weighted by atomic mass is 15.1. The van der Waals surface area contributed by atoms with Crippen molar-refractivity contribution in [1.82, 2.24) is 19.4 Å². The topological polar surface area (TPSA) is 34.8 Å². The molecule has 0 spiro atoms. The zero-order valence-electron chi connectivity index (χ0n) is 12.1. The molecule has 2 heterocycles. The molecule has 2 rings (SSSR count). The molecule has 0 bridgehead atoms. The summed E-state index contributed by atoms with van der Waals surface area (Å²) < 4.78 is 4.51. The van der Waals surface area contributed by atoms with Gasteiger partial charge in [-0.25, -0.2) is 4.98 Å². The molecular weight excluding hydrogens is 236 g/mol. The van der Waals surface area contributed by atoms with E-state index in [0.29, 0.717) is 6.04 Å². The number of rotatable bonds is 7. The van der Waals surface area contributed by atoms with E-state index in [4.69, 9.17) is 0 Å². The lowest BCUT2D eigenvalue weighted by atomic mass is 10.2. The molecule has 4 heteroatoms. The molecule has 0 radical (unpaired) electrons. The summed E-state index contributed by atoms with van der Waals surface area (Å²) in [5.74, 6) is 1.07. The lowest BCUT2D eigenvalue weighted by Gasteiger charge is -2.17. The molecule has 19 heavy (non-hydrogen) atoms. The van der Waals surface area contributed by atoms with Crippen LogP contribution in [0.3, 0.4) is 0 Å². The molecule has 1 unspecified atom stereocenters. The maximum absolute atomic E-state index is 4.26. The van der Waals surface area contributed by atoms with E-state index in [1.54, 1.807) is 0 Å². The van der Waals surface area contributed by atoms with Gasteiger partial charge < -0.3 is 14.5 Å². The van der Waals surface area contributed by atoms with E-state index in [2.05, 4.69) is 51.6 Å². The van der Waals surface area contributed by atoms with Crippen molar-refractivity contribution in [3.63, 3.8) is 0 Å². The molecular formula is C15H24N4. The van der Waals surface area contributed by atoms with Crippen molar-refractivity contribution in [3.8, 4) is 0 Å². The number of imidazole rings is 1. The summed E-state index contributed by atoms with van der Waals surface area (Å²) in [5, 5.41) is 3.54. The highest BCUT2D eigenvalue weighted by Gasteiger charge is 2.09. The van der Waals surface area contributed by atoms with Crippen molar-refractivity contribution in [2.75, 3.05) is 6.54 Å². The van der Waals surface area contributed by atoms with Crippen LogP contribution in [0.25, 0.3) is 0 Å². The minimum Gasteiger partial charge on any atom is -0.348 e. The third-order valence-corrected chi connectivity index (χ3v) is 3.51. The molecule has 0 saturated heterocycles. The quantitative estimate of drug-likeness (QED) is 0.830. The van der Waals surface area contributed by atoms with Gasteiger partial charge in [0.2, 0.25) is 0 Å². The molecule has 1 atom stereocenters. The molecule has 0 saturated carbocycles. The summed E-state index contributed by atoms with van der Waals surface area (Å²) >= 11 is 0. The zero-order valence-corrected chi connectivity index (χ0v) is 12.1. The summed E-state index contributed by atoms with van der Waals surface area (Å²) in [4.78, 5) is 4.26. The fraction of sp³-hybridized carbons (Fsp3) is 0.533. The van der Waals surface area contributed by atoms with E-state index >= 15 is 0 Å². The molecule has 0 aromatic carbocycles. The fourth-order valence-electron chi connectivity index (χ4n) is 2.34. The van der Waals surface area contributed by atoms with Crippen LogP contribution in [-0.2, 0) is 13.1 Å². The highest BCUT2D eigenvalue weighted by molar-refractivity contribution is 5.11. The Kier molecular flexibility index (Phi) is 4.80. The second-order valence-corrected chi connectivity index (χ2v) is 4.97. The van der Waals surface area contributed by atoms with Crippen molar-refractivity contribution in [3.05, 3.63) is 42.2 Å². The van der Waals surface area contributed by atoms with Gasteiger partial charge in [-0.1, -0.05) is 6.92 Å². The molecule has 104 valence electrons. The van der Waals surface area contributed by atoms with Gasteiger partial charge in [-0.05, 0) is 38.9 Å². The van der Waals surface area contributed by atoms with Gasteiger partial charge in [0.05, 0.1) is 0 Å². The third-order valence-electron chi connectivity index (χ3n) is 3.51. The van der Waals surface area contributed by atoms with Gasteiger partial charge in [-0.3, -0.25) is 0 Å². The van der Waals surface area contributed by atoms with Crippen molar-refractivity contribution in [1.29, 1.82) is 0 Å². The molecule has 0 amide bonds. The smallest absolute Gasteiger partial charge is 0.105 e. The zero-order chi connectivity index (χ0) is 13.7. The second kappa shape index (κ2) is 6.57. The van der Waals surface area contributed by atoms with Gasteiger partial charge in [-0.15, -0.1) is 0 Å². The van der Waals surface area contributed by atoms with Gasteiger partial charge in [-0.2, -0.15) is 0 Å². The van der Waals surface area contributed by atoms with Crippen LogP contribution in [0.2, 0.25) is 0 Å². The molecule has 1 N–H and O–H groups in total. The molecule has 0 aliphatic rings. The van der Waals surface area contributed by atoms with Crippen LogP contribution in [0.4, 0.5) is 0 Å². The Morgan fingerprint density at radius 1 is 1.26 bits per heavy atom. The molecule has 0 aliphatic carbocycles. The van der Waals surface area contributed by atoms with E-state index in [1.165, 1.54) is 12.1 Å². The van der Waals surface area contributed by atoms with Gasteiger partial charge in [0.25, 0.3) is 0 Å². The van der Waals surface area contributed by atoms with E-state index in [-0.39, 0.29) is 0 Å². The van der Waals surface area contributed by atoms with Crippen LogP contribution in [0.1, 0.15) is 37.8 Å². The number of nitrogens with zero attached hydrogens (tertiary/aromatic N) is 3. The first-order valence-electron chi connectivity index (χ1n) is 7.08. The Bertz CT molecular complexity index is 498. The summed E-state index contributed by atoms with van der Waals surface area (Å²) in [6.07, 6.45) is 7.22. The maximum atomic E-state index is 4.26. The Labute approximate surface area is 115 Å². The van der Waals surface area contributed by atoms with Crippen LogP contribution < -0.4 is 5.32 Å². The molecule has 0 fully saturated rings. The normalized spacial score (nSPS) is 12.8. The first kappa shape index (κ1) is 13.9. The van der Waals surface area contributed by atoms with Crippen LogP contribution in [-0.4, -0.2) is 20.7 Å². The number of aromatic nitrogens is 3. The van der Waals surface area contributed by atoms with Gasteiger partial charge in [0, 0.05) is 43.4 Å². The molecule has 2 aromatic heterocycles. The number of nitrogens with one attached hydrogen (secondary N) is 1. The first-order chi connectivity index (χ1) is 9.22. The SMILES string of the molecule is CCCNC(C)c1cccn1CCn1ccnc1C. The minimum atomic E-state index is 0.402. The van der Waals surface area contributed by atoms with Gasteiger partial charge >= 0.3 is 0 Å². The Hall–Kier alpha value is -1.55. The van der Waals surface area contributed by atoms with Crippen molar-refractivity contribution < 1.29 is 0 Å². The van der Waals surface area contributed by atoms with Crippen LogP contribution in [0.5, 0.6) is 0 Å². The lowest BCUT2D eigenvalue weighted by Crippen LogP contribution is -2.22. The van der Waals surface area contributed by atoms with E-state index in [0.717, 1.165) is 25.5 Å². The molecule has 4 nitrogen and oxygen atoms in total. The minimum absolute atomic E-state index is 0.402. The summed E-state index contributed by atoms with van der Waals surface area (Å²) in [6, 6.07) is 4.73. The van der Waals surface area contributed by atoms with Gasteiger partial charge in [0.15, 0.2) is 0 Å². The fourth-order valence-corrected chi connectivity index (χ4v) is 2.34. The molecule has 2 aromatic rings. The summed E-state index contributed by atoms with van der Waals surface area (Å²) in [6.45, 7) is 9.48. The first-order valence-corrected chi connectivity index (χ1v) is 7.08. The highest BCUT2D eigenvalue weighted by Crippen LogP contribution is 2.13. The van der Waals surface area contributed by atoms with Gasteiger partial charge in [0.1, 0.15) is 5.82 Å². The lowest BCUT2D eigenvalue weighted by molar-refractivity contribution is 0.499. The second-order valence-electron chi connectivity index (χ2n) is 4.97. The van der Waals surface area contributed by atoms with Crippen LogP contribution in [0.15, 0.2) is 30.7 Å². The Morgan fingerprint density at radius 3 is 2.74 bits per heavy atom. The average molecular weight is 260 g/mol. The van der Waals surface area contributed by atoms with Crippen molar-refractivity contribution in [2.45, 2.75) is 46.3 Å². The predicted molar refractivity (Wildman–Crippen MR) is 78.1 cm³/mol.